The van der Waals surface area contributed by atoms with Crippen molar-refractivity contribution in [3.05, 3.63) is 64.9 Å². The second-order valence-corrected chi connectivity index (χ2v) is 10.2. The van der Waals surface area contributed by atoms with Crippen LogP contribution in [0.1, 0.15) is 24.8 Å². The maximum absolute atomic E-state index is 13.3. The molecule has 2 aliphatic rings. The Kier molecular flexibility index (Phi) is 5.40. The number of sulfonamides is 1. The zero-order chi connectivity index (χ0) is 20.6. The Morgan fingerprint density at radius 2 is 1.69 bits per heavy atom. The molecule has 0 bridgehead atoms. The van der Waals surface area contributed by atoms with Crippen molar-refractivity contribution in [2.45, 2.75) is 25.0 Å². The fraction of sp³-hybridized carbons (Fsp3) is 0.381. The molecule has 0 aromatic heterocycles. The number of amides is 1. The molecule has 1 unspecified atom stereocenters. The number of rotatable bonds is 4. The Labute approximate surface area is 175 Å². The molecule has 4 rings (SSSR count). The predicted octanol–water partition coefficient (Wildman–Crippen LogP) is 3.83. The number of anilines is 1. The number of hydrogen-bond acceptors (Lipinski definition) is 3. The topological polar surface area (TPSA) is 57.7 Å². The first kappa shape index (κ1) is 20.3. The van der Waals surface area contributed by atoms with Gasteiger partial charge in [0.05, 0.1) is 11.2 Å². The molecule has 154 valence electrons. The van der Waals surface area contributed by atoms with Gasteiger partial charge in [0.1, 0.15) is 5.82 Å². The van der Waals surface area contributed by atoms with E-state index in [-0.39, 0.29) is 18.2 Å². The van der Waals surface area contributed by atoms with E-state index in [1.54, 1.807) is 17.0 Å². The second kappa shape index (κ2) is 7.70. The number of halogens is 2. The molecular formula is C21H22ClFN2O3S. The largest absolute Gasteiger partial charge is 0.312 e. The average molecular weight is 437 g/mol. The van der Waals surface area contributed by atoms with Crippen LogP contribution in [0.15, 0.2) is 48.5 Å². The van der Waals surface area contributed by atoms with Crippen molar-refractivity contribution < 1.29 is 17.6 Å². The summed E-state index contributed by atoms with van der Waals surface area (Å²) in [5, 5.41) is 0.603. The van der Waals surface area contributed by atoms with Gasteiger partial charge in [0.25, 0.3) is 0 Å². The van der Waals surface area contributed by atoms with Crippen LogP contribution in [0, 0.1) is 11.2 Å². The van der Waals surface area contributed by atoms with E-state index in [4.69, 9.17) is 11.6 Å². The molecule has 2 fully saturated rings. The summed E-state index contributed by atoms with van der Waals surface area (Å²) in [5.74, 6) is -0.623. The second-order valence-electron chi connectivity index (χ2n) is 7.78. The van der Waals surface area contributed by atoms with Crippen molar-refractivity contribution in [2.24, 2.45) is 5.41 Å². The molecule has 2 saturated heterocycles. The van der Waals surface area contributed by atoms with E-state index in [1.807, 2.05) is 12.1 Å². The average Bonchev–Trinajstić information content (AvgIpc) is 3.00. The minimum atomic E-state index is -3.60. The lowest BCUT2D eigenvalue weighted by Gasteiger charge is -2.38. The van der Waals surface area contributed by atoms with Gasteiger partial charge in [-0.25, -0.2) is 17.1 Å². The van der Waals surface area contributed by atoms with E-state index in [1.165, 1.54) is 28.6 Å². The van der Waals surface area contributed by atoms with E-state index in [9.17, 15) is 17.6 Å². The smallest absolute Gasteiger partial charge is 0.234 e. The summed E-state index contributed by atoms with van der Waals surface area (Å²) in [7, 11) is -3.60. The fourth-order valence-electron chi connectivity index (χ4n) is 4.28. The lowest BCUT2D eigenvalue weighted by molar-refractivity contribution is -0.127. The van der Waals surface area contributed by atoms with Gasteiger partial charge in [0.15, 0.2) is 0 Å². The molecule has 1 atom stereocenters. The van der Waals surface area contributed by atoms with E-state index in [0.29, 0.717) is 42.9 Å². The molecule has 0 N–H and O–H groups in total. The maximum atomic E-state index is 13.3. The van der Waals surface area contributed by atoms with Crippen molar-refractivity contribution in [3.63, 3.8) is 0 Å². The monoisotopic (exact) mass is 436 g/mol. The van der Waals surface area contributed by atoms with E-state index in [0.717, 1.165) is 5.69 Å². The summed E-state index contributed by atoms with van der Waals surface area (Å²) in [6, 6.07) is 12.6. The number of hydrogen-bond donors (Lipinski definition) is 0. The molecule has 0 radical (unpaired) electrons. The SMILES string of the molecule is O=C1N(c2ccc(Cl)cc2)CCC12CCCN(S(=O)(=O)Cc1ccc(F)cc1)C2. The molecular weight excluding hydrogens is 415 g/mol. The molecule has 2 aromatic rings. The third kappa shape index (κ3) is 4.04. The highest BCUT2D eigenvalue weighted by Crippen LogP contribution is 2.42. The summed E-state index contributed by atoms with van der Waals surface area (Å²) in [6.07, 6.45) is 1.94. The van der Waals surface area contributed by atoms with Gasteiger partial charge in [-0.1, -0.05) is 23.7 Å². The first-order valence-electron chi connectivity index (χ1n) is 9.59. The lowest BCUT2D eigenvalue weighted by atomic mass is 9.79. The van der Waals surface area contributed by atoms with Gasteiger partial charge in [-0.15, -0.1) is 0 Å². The van der Waals surface area contributed by atoms with Gasteiger partial charge in [-0.3, -0.25) is 4.79 Å². The first-order valence-corrected chi connectivity index (χ1v) is 11.6. The lowest BCUT2D eigenvalue weighted by Crippen LogP contribution is -2.50. The van der Waals surface area contributed by atoms with Crippen molar-refractivity contribution in [1.82, 2.24) is 4.31 Å². The Morgan fingerprint density at radius 3 is 2.38 bits per heavy atom. The summed E-state index contributed by atoms with van der Waals surface area (Å²) in [4.78, 5) is 15.0. The van der Waals surface area contributed by atoms with Crippen molar-refractivity contribution in [3.8, 4) is 0 Å². The molecule has 2 aromatic carbocycles. The van der Waals surface area contributed by atoms with Crippen molar-refractivity contribution >= 4 is 33.2 Å². The summed E-state index contributed by atoms with van der Waals surface area (Å²) < 4.78 is 40.5. The Hall–Kier alpha value is -1.96. The fourth-order valence-corrected chi connectivity index (χ4v) is 6.05. The minimum Gasteiger partial charge on any atom is -0.312 e. The predicted molar refractivity (Wildman–Crippen MR) is 111 cm³/mol. The van der Waals surface area contributed by atoms with E-state index in [2.05, 4.69) is 0 Å². The van der Waals surface area contributed by atoms with Crippen LogP contribution in [0.4, 0.5) is 10.1 Å². The van der Waals surface area contributed by atoms with Crippen molar-refractivity contribution in [1.29, 1.82) is 0 Å². The number of benzene rings is 2. The zero-order valence-electron chi connectivity index (χ0n) is 15.9. The Balaban J connectivity index is 1.52. The minimum absolute atomic E-state index is 0.0264. The number of carbonyl (C=O) groups is 1. The van der Waals surface area contributed by atoms with Gasteiger partial charge < -0.3 is 4.90 Å². The molecule has 1 spiro atoms. The van der Waals surface area contributed by atoms with E-state index < -0.39 is 21.3 Å². The molecule has 29 heavy (non-hydrogen) atoms. The van der Waals surface area contributed by atoms with Gasteiger partial charge in [0.2, 0.25) is 15.9 Å². The molecule has 5 nitrogen and oxygen atoms in total. The summed E-state index contributed by atoms with van der Waals surface area (Å²) in [6.45, 7) is 1.16. The standard InChI is InChI=1S/C21H22ClFN2O3S/c22-17-4-8-19(9-5-17)25-13-11-21(20(25)26)10-1-12-24(15-21)29(27,28)14-16-2-6-18(23)7-3-16/h2-9H,1,10-15H2. The Morgan fingerprint density at radius 1 is 1.00 bits per heavy atom. The molecule has 2 heterocycles. The van der Waals surface area contributed by atoms with Crippen LogP contribution in [0.2, 0.25) is 5.02 Å². The molecule has 0 aliphatic carbocycles. The third-order valence-corrected chi connectivity index (χ3v) is 7.90. The number of carbonyl (C=O) groups excluding carboxylic acids is 1. The Bertz CT molecular complexity index is 1010. The summed E-state index contributed by atoms with van der Waals surface area (Å²) >= 11 is 5.94. The van der Waals surface area contributed by atoms with E-state index >= 15 is 0 Å². The van der Waals surface area contributed by atoms with Crippen molar-refractivity contribution in [2.75, 3.05) is 24.5 Å². The number of nitrogens with zero attached hydrogens (tertiary/aromatic N) is 2. The molecule has 8 heteroatoms. The van der Waals surface area contributed by atoms with Gasteiger partial charge in [0, 0.05) is 30.3 Å². The zero-order valence-corrected chi connectivity index (χ0v) is 17.4. The van der Waals surface area contributed by atoms with Crippen LogP contribution >= 0.6 is 11.6 Å². The molecule has 2 aliphatic heterocycles. The van der Waals surface area contributed by atoms with Crippen LogP contribution < -0.4 is 4.90 Å². The van der Waals surface area contributed by atoms with Gasteiger partial charge in [-0.05, 0) is 61.2 Å². The highest BCUT2D eigenvalue weighted by molar-refractivity contribution is 7.88. The molecule has 1 amide bonds. The highest BCUT2D eigenvalue weighted by atomic mass is 35.5. The van der Waals surface area contributed by atoms with Gasteiger partial charge >= 0.3 is 0 Å². The van der Waals surface area contributed by atoms with Crippen LogP contribution in [0.3, 0.4) is 0 Å². The van der Waals surface area contributed by atoms with Crippen LogP contribution in [-0.2, 0) is 20.6 Å². The van der Waals surface area contributed by atoms with Crippen LogP contribution in [0.5, 0.6) is 0 Å². The number of piperidine rings is 1. The van der Waals surface area contributed by atoms with Gasteiger partial charge in [-0.2, -0.15) is 0 Å². The quantitative estimate of drug-likeness (QED) is 0.731. The maximum Gasteiger partial charge on any atom is 0.234 e. The molecule has 0 saturated carbocycles. The third-order valence-electron chi connectivity index (χ3n) is 5.85. The van der Waals surface area contributed by atoms with Crippen LogP contribution in [0.25, 0.3) is 0 Å². The highest BCUT2D eigenvalue weighted by Gasteiger charge is 2.50. The summed E-state index contributed by atoms with van der Waals surface area (Å²) in [5.41, 5.74) is 0.627. The first-order chi connectivity index (χ1) is 13.8. The normalized spacial score (nSPS) is 23.1. The van der Waals surface area contributed by atoms with Crippen LogP contribution in [-0.4, -0.2) is 38.3 Å².